The molecule has 3 N–H and O–H groups in total. The topological polar surface area (TPSA) is 85.8 Å². The summed E-state index contributed by atoms with van der Waals surface area (Å²) < 4.78 is 1.66. The number of benzene rings is 1. The lowest BCUT2D eigenvalue weighted by molar-refractivity contribution is -0.117. The molecule has 0 radical (unpaired) electrons. The number of amides is 1. The summed E-state index contributed by atoms with van der Waals surface area (Å²) in [6.07, 6.45) is 0.347. The van der Waals surface area contributed by atoms with E-state index in [2.05, 4.69) is 15.4 Å². The van der Waals surface area contributed by atoms with Crippen LogP contribution in [0.2, 0.25) is 0 Å². The summed E-state index contributed by atoms with van der Waals surface area (Å²) in [6, 6.07) is 9.59. The fourth-order valence-electron chi connectivity index (χ4n) is 2.01. The van der Waals surface area contributed by atoms with Gasteiger partial charge in [-0.1, -0.05) is 30.3 Å². The summed E-state index contributed by atoms with van der Waals surface area (Å²) in [6.45, 7) is 0. The zero-order valence-electron chi connectivity index (χ0n) is 9.00. The van der Waals surface area contributed by atoms with Gasteiger partial charge in [-0.2, -0.15) is 4.98 Å². The van der Waals surface area contributed by atoms with Crippen molar-refractivity contribution in [3.63, 3.8) is 0 Å². The standard InChI is InChI=1S/C11H11N5O/c12-10-14-11-13-9(17)6-8(16(11)15-10)7-4-2-1-3-5-7/h1-5,8H,6H2,(H3,12,13,14,15,17). The highest BCUT2D eigenvalue weighted by molar-refractivity contribution is 5.91. The molecule has 0 aliphatic carbocycles. The molecule has 1 aliphatic heterocycles. The van der Waals surface area contributed by atoms with Crippen LogP contribution in [0.15, 0.2) is 30.3 Å². The van der Waals surface area contributed by atoms with Crippen molar-refractivity contribution in [3.8, 4) is 0 Å². The van der Waals surface area contributed by atoms with E-state index in [0.29, 0.717) is 12.4 Å². The molecule has 2 heterocycles. The van der Waals surface area contributed by atoms with Crippen molar-refractivity contribution in [1.82, 2.24) is 14.8 Å². The van der Waals surface area contributed by atoms with Crippen LogP contribution in [0.4, 0.5) is 11.9 Å². The number of nitrogens with one attached hydrogen (secondary N) is 1. The lowest BCUT2D eigenvalue weighted by Gasteiger charge is -2.23. The van der Waals surface area contributed by atoms with Crippen LogP contribution in [0.5, 0.6) is 0 Å². The number of nitrogen functional groups attached to an aromatic ring is 1. The number of nitrogens with two attached hydrogens (primary N) is 1. The molecule has 86 valence electrons. The minimum atomic E-state index is -0.134. The van der Waals surface area contributed by atoms with Gasteiger partial charge in [0, 0.05) is 0 Å². The first kappa shape index (κ1) is 9.83. The average Bonchev–Trinajstić information content (AvgIpc) is 2.69. The maximum atomic E-state index is 11.6. The molecule has 0 fully saturated rings. The first-order valence-corrected chi connectivity index (χ1v) is 5.31. The number of rotatable bonds is 1. The molecular formula is C11H11N5O. The van der Waals surface area contributed by atoms with Gasteiger partial charge in [0.05, 0.1) is 12.5 Å². The minimum absolute atomic E-state index is 0.0706. The van der Waals surface area contributed by atoms with Gasteiger partial charge in [-0.05, 0) is 5.56 Å². The Labute approximate surface area is 97.5 Å². The number of fused-ring (bicyclic) bond motifs is 1. The predicted molar refractivity (Wildman–Crippen MR) is 62.3 cm³/mol. The van der Waals surface area contributed by atoms with Crippen molar-refractivity contribution < 1.29 is 4.79 Å². The first-order valence-electron chi connectivity index (χ1n) is 5.31. The van der Waals surface area contributed by atoms with E-state index in [1.165, 1.54) is 0 Å². The SMILES string of the molecule is Nc1nc2n(n1)C(c1ccccc1)CC(=O)N2. The zero-order valence-corrected chi connectivity index (χ0v) is 9.00. The van der Waals surface area contributed by atoms with E-state index < -0.39 is 0 Å². The van der Waals surface area contributed by atoms with Crippen LogP contribution in [0.1, 0.15) is 18.0 Å². The normalized spacial score (nSPS) is 18.6. The van der Waals surface area contributed by atoms with Gasteiger partial charge in [-0.25, -0.2) is 4.68 Å². The van der Waals surface area contributed by atoms with E-state index in [0.717, 1.165) is 5.56 Å². The van der Waals surface area contributed by atoms with Crippen molar-refractivity contribution in [3.05, 3.63) is 35.9 Å². The quantitative estimate of drug-likeness (QED) is 0.757. The lowest BCUT2D eigenvalue weighted by Crippen LogP contribution is -2.29. The van der Waals surface area contributed by atoms with E-state index in [9.17, 15) is 4.79 Å². The van der Waals surface area contributed by atoms with Crippen molar-refractivity contribution in [2.24, 2.45) is 0 Å². The number of aromatic nitrogens is 3. The Hall–Kier alpha value is -2.37. The molecule has 0 bridgehead atoms. The summed E-state index contributed by atoms with van der Waals surface area (Å²) in [5.74, 6) is 0.509. The Morgan fingerprint density at radius 3 is 2.88 bits per heavy atom. The highest BCUT2D eigenvalue weighted by atomic mass is 16.2. The molecule has 3 rings (SSSR count). The number of carbonyl (C=O) groups excluding carboxylic acids is 1. The molecule has 6 heteroatoms. The van der Waals surface area contributed by atoms with Crippen LogP contribution >= 0.6 is 0 Å². The van der Waals surface area contributed by atoms with Crippen LogP contribution < -0.4 is 11.1 Å². The Kier molecular flexibility index (Phi) is 2.07. The zero-order chi connectivity index (χ0) is 11.8. The van der Waals surface area contributed by atoms with Crippen LogP contribution in [0.3, 0.4) is 0 Å². The first-order chi connectivity index (χ1) is 8.24. The van der Waals surface area contributed by atoms with Crippen molar-refractivity contribution in [2.45, 2.75) is 12.5 Å². The molecule has 17 heavy (non-hydrogen) atoms. The Bertz CT molecular complexity index is 562. The fourth-order valence-corrected chi connectivity index (χ4v) is 2.01. The molecular weight excluding hydrogens is 218 g/mol. The summed E-state index contributed by atoms with van der Waals surface area (Å²) >= 11 is 0. The highest BCUT2D eigenvalue weighted by Gasteiger charge is 2.28. The molecule has 1 unspecified atom stereocenters. The molecule has 0 saturated carbocycles. The largest absolute Gasteiger partial charge is 0.366 e. The van der Waals surface area contributed by atoms with Crippen LogP contribution in [0.25, 0.3) is 0 Å². The Morgan fingerprint density at radius 2 is 2.12 bits per heavy atom. The molecule has 1 aromatic heterocycles. The van der Waals surface area contributed by atoms with E-state index in [1.54, 1.807) is 4.68 Å². The molecule has 1 aromatic carbocycles. The average molecular weight is 229 g/mol. The van der Waals surface area contributed by atoms with Gasteiger partial charge in [0.15, 0.2) is 0 Å². The van der Waals surface area contributed by atoms with E-state index in [1.807, 2.05) is 30.3 Å². The summed E-state index contributed by atoms with van der Waals surface area (Å²) in [5.41, 5.74) is 6.57. The third kappa shape index (κ3) is 1.63. The summed E-state index contributed by atoms with van der Waals surface area (Å²) in [7, 11) is 0. The van der Waals surface area contributed by atoms with Crippen LogP contribution in [-0.4, -0.2) is 20.7 Å². The Balaban J connectivity index is 2.09. The number of nitrogens with zero attached hydrogens (tertiary/aromatic N) is 3. The van der Waals surface area contributed by atoms with Crippen molar-refractivity contribution in [1.29, 1.82) is 0 Å². The van der Waals surface area contributed by atoms with Crippen LogP contribution in [-0.2, 0) is 4.79 Å². The maximum absolute atomic E-state index is 11.6. The third-order valence-electron chi connectivity index (χ3n) is 2.76. The second kappa shape index (κ2) is 3.58. The predicted octanol–water partition coefficient (Wildman–Crippen LogP) is 0.792. The van der Waals surface area contributed by atoms with Gasteiger partial charge < -0.3 is 5.73 Å². The smallest absolute Gasteiger partial charge is 0.241 e. The second-order valence-corrected chi connectivity index (χ2v) is 3.92. The highest BCUT2D eigenvalue weighted by Crippen LogP contribution is 2.28. The number of hydrogen-bond acceptors (Lipinski definition) is 4. The molecule has 1 atom stereocenters. The monoisotopic (exact) mass is 229 g/mol. The molecule has 2 aromatic rings. The molecule has 0 saturated heterocycles. The van der Waals surface area contributed by atoms with E-state index in [-0.39, 0.29) is 17.9 Å². The number of hydrogen-bond donors (Lipinski definition) is 2. The van der Waals surface area contributed by atoms with Crippen molar-refractivity contribution >= 4 is 17.8 Å². The van der Waals surface area contributed by atoms with Gasteiger partial charge in [-0.15, -0.1) is 5.10 Å². The third-order valence-corrected chi connectivity index (χ3v) is 2.76. The number of anilines is 2. The molecule has 1 aliphatic rings. The van der Waals surface area contributed by atoms with E-state index in [4.69, 9.17) is 5.73 Å². The number of carbonyl (C=O) groups is 1. The minimum Gasteiger partial charge on any atom is -0.366 e. The summed E-state index contributed by atoms with van der Waals surface area (Å²) in [4.78, 5) is 15.6. The van der Waals surface area contributed by atoms with Gasteiger partial charge in [-0.3, -0.25) is 10.1 Å². The molecule has 1 amide bonds. The van der Waals surface area contributed by atoms with Crippen molar-refractivity contribution in [2.75, 3.05) is 11.1 Å². The van der Waals surface area contributed by atoms with Gasteiger partial charge >= 0.3 is 0 Å². The van der Waals surface area contributed by atoms with Crippen LogP contribution in [0, 0.1) is 0 Å². The van der Waals surface area contributed by atoms with Gasteiger partial charge in [0.2, 0.25) is 17.8 Å². The van der Waals surface area contributed by atoms with Gasteiger partial charge in [0.25, 0.3) is 0 Å². The van der Waals surface area contributed by atoms with Gasteiger partial charge in [0.1, 0.15) is 0 Å². The maximum Gasteiger partial charge on any atom is 0.241 e. The molecule has 0 spiro atoms. The fraction of sp³-hybridized carbons (Fsp3) is 0.182. The summed E-state index contributed by atoms with van der Waals surface area (Å²) in [5, 5.41) is 6.76. The molecule has 6 nitrogen and oxygen atoms in total. The lowest BCUT2D eigenvalue weighted by atomic mass is 10.0. The second-order valence-electron chi connectivity index (χ2n) is 3.92. The van der Waals surface area contributed by atoms with E-state index >= 15 is 0 Å². The Morgan fingerprint density at radius 1 is 1.35 bits per heavy atom.